The van der Waals surface area contributed by atoms with Crippen LogP contribution in [0.25, 0.3) is 0 Å². The van der Waals surface area contributed by atoms with Crippen molar-refractivity contribution >= 4 is 0 Å². The van der Waals surface area contributed by atoms with Gasteiger partial charge in [0.25, 0.3) is 0 Å². The Morgan fingerprint density at radius 2 is 2.11 bits per heavy atom. The van der Waals surface area contributed by atoms with Gasteiger partial charge < -0.3 is 10.4 Å². The fourth-order valence-electron chi connectivity index (χ4n) is 2.62. The predicted octanol–water partition coefficient (Wildman–Crippen LogP) is 2.77. The summed E-state index contributed by atoms with van der Waals surface area (Å²) in [7, 11) is 0. The molecular formula is C15H22FNO. The van der Waals surface area contributed by atoms with E-state index in [4.69, 9.17) is 0 Å². The Hall–Kier alpha value is -0.930. The molecule has 0 aromatic heterocycles. The van der Waals surface area contributed by atoms with Crippen LogP contribution in [0.4, 0.5) is 4.39 Å². The molecule has 3 heteroatoms. The van der Waals surface area contributed by atoms with Crippen LogP contribution in [-0.4, -0.2) is 17.8 Å². The highest BCUT2D eigenvalue weighted by Gasteiger charge is 2.22. The summed E-state index contributed by atoms with van der Waals surface area (Å²) >= 11 is 0. The van der Waals surface area contributed by atoms with Crippen molar-refractivity contribution in [1.29, 1.82) is 0 Å². The average molecular weight is 251 g/mol. The van der Waals surface area contributed by atoms with Crippen LogP contribution in [0.5, 0.6) is 0 Å². The summed E-state index contributed by atoms with van der Waals surface area (Å²) in [6.07, 6.45) is 4.50. The zero-order valence-corrected chi connectivity index (χ0v) is 11.0. The summed E-state index contributed by atoms with van der Waals surface area (Å²) in [5.74, 6) is 0.290. The third-order valence-corrected chi connectivity index (χ3v) is 3.86. The van der Waals surface area contributed by atoms with E-state index in [1.807, 2.05) is 6.07 Å². The molecule has 1 fully saturated rings. The van der Waals surface area contributed by atoms with Crippen LogP contribution in [0.2, 0.25) is 0 Å². The minimum Gasteiger partial charge on any atom is -0.392 e. The second-order valence-electron chi connectivity index (χ2n) is 5.33. The normalized spacial score (nSPS) is 18.2. The Bertz CT molecular complexity index is 388. The molecule has 0 bridgehead atoms. The second-order valence-corrected chi connectivity index (χ2v) is 5.33. The van der Waals surface area contributed by atoms with Crippen LogP contribution in [0.3, 0.4) is 0 Å². The lowest BCUT2D eigenvalue weighted by Gasteiger charge is -2.18. The maximum atomic E-state index is 13.3. The third-order valence-electron chi connectivity index (χ3n) is 3.86. The van der Waals surface area contributed by atoms with E-state index in [0.29, 0.717) is 24.6 Å². The maximum absolute atomic E-state index is 13.3. The first kappa shape index (κ1) is 13.5. The van der Waals surface area contributed by atoms with Crippen molar-refractivity contribution in [3.8, 4) is 0 Å². The van der Waals surface area contributed by atoms with Gasteiger partial charge in [0.05, 0.1) is 6.10 Å². The quantitative estimate of drug-likeness (QED) is 0.843. The van der Waals surface area contributed by atoms with Crippen molar-refractivity contribution < 1.29 is 9.50 Å². The van der Waals surface area contributed by atoms with Gasteiger partial charge in [-0.2, -0.15) is 0 Å². The summed E-state index contributed by atoms with van der Waals surface area (Å²) in [5, 5.41) is 13.2. The molecule has 0 heterocycles. The Labute approximate surface area is 108 Å². The first-order chi connectivity index (χ1) is 8.66. The lowest BCUT2D eigenvalue weighted by Crippen LogP contribution is -2.31. The molecule has 1 saturated carbocycles. The molecule has 2 nitrogen and oxygen atoms in total. The van der Waals surface area contributed by atoms with Crippen LogP contribution < -0.4 is 5.32 Å². The van der Waals surface area contributed by atoms with E-state index in [9.17, 15) is 9.50 Å². The van der Waals surface area contributed by atoms with Gasteiger partial charge in [0.15, 0.2) is 0 Å². The number of aliphatic hydroxyl groups excluding tert-OH is 1. The van der Waals surface area contributed by atoms with Crippen molar-refractivity contribution in [3.05, 3.63) is 35.1 Å². The Morgan fingerprint density at radius 1 is 1.39 bits per heavy atom. The van der Waals surface area contributed by atoms with E-state index in [-0.39, 0.29) is 11.9 Å². The zero-order valence-electron chi connectivity index (χ0n) is 11.0. The van der Waals surface area contributed by atoms with Gasteiger partial charge in [-0.1, -0.05) is 25.0 Å². The van der Waals surface area contributed by atoms with Crippen molar-refractivity contribution in [2.75, 3.05) is 6.54 Å². The van der Waals surface area contributed by atoms with E-state index in [0.717, 1.165) is 18.4 Å². The molecule has 0 saturated heterocycles. The SMILES string of the molecule is Cc1ccc(CNCC(O)C2CCCC2)cc1F. The molecule has 1 aromatic carbocycles. The van der Waals surface area contributed by atoms with Crippen molar-refractivity contribution in [3.63, 3.8) is 0 Å². The summed E-state index contributed by atoms with van der Waals surface area (Å²) in [6.45, 7) is 2.97. The van der Waals surface area contributed by atoms with Crippen molar-refractivity contribution in [2.24, 2.45) is 5.92 Å². The van der Waals surface area contributed by atoms with Gasteiger partial charge in [-0.3, -0.25) is 0 Å². The molecule has 18 heavy (non-hydrogen) atoms. The Morgan fingerprint density at radius 3 is 2.78 bits per heavy atom. The van der Waals surface area contributed by atoms with E-state index in [1.165, 1.54) is 12.8 Å². The summed E-state index contributed by atoms with van der Waals surface area (Å²) < 4.78 is 13.3. The first-order valence-electron chi connectivity index (χ1n) is 6.80. The van der Waals surface area contributed by atoms with Crippen LogP contribution >= 0.6 is 0 Å². The summed E-state index contributed by atoms with van der Waals surface area (Å²) in [5.41, 5.74) is 1.60. The lowest BCUT2D eigenvalue weighted by molar-refractivity contribution is 0.109. The van der Waals surface area contributed by atoms with Gasteiger partial charge >= 0.3 is 0 Å². The molecule has 1 unspecified atom stereocenters. The van der Waals surface area contributed by atoms with Gasteiger partial charge in [-0.25, -0.2) is 4.39 Å². The topological polar surface area (TPSA) is 32.3 Å². The maximum Gasteiger partial charge on any atom is 0.126 e. The van der Waals surface area contributed by atoms with Crippen LogP contribution in [0.1, 0.15) is 36.8 Å². The predicted molar refractivity (Wildman–Crippen MR) is 70.8 cm³/mol. The van der Waals surface area contributed by atoms with Crippen LogP contribution in [0, 0.1) is 18.7 Å². The monoisotopic (exact) mass is 251 g/mol. The van der Waals surface area contributed by atoms with E-state index < -0.39 is 0 Å². The van der Waals surface area contributed by atoms with Crippen LogP contribution in [0.15, 0.2) is 18.2 Å². The molecule has 0 spiro atoms. The highest BCUT2D eigenvalue weighted by Crippen LogP contribution is 2.27. The van der Waals surface area contributed by atoms with Gasteiger partial charge in [-0.05, 0) is 42.9 Å². The number of hydrogen-bond donors (Lipinski definition) is 2. The fraction of sp³-hybridized carbons (Fsp3) is 0.600. The molecule has 1 aliphatic carbocycles. The molecular weight excluding hydrogens is 229 g/mol. The number of nitrogens with one attached hydrogen (secondary N) is 1. The number of benzene rings is 1. The largest absolute Gasteiger partial charge is 0.392 e. The smallest absolute Gasteiger partial charge is 0.126 e. The molecule has 1 aromatic rings. The molecule has 0 amide bonds. The number of aliphatic hydroxyl groups is 1. The molecule has 0 radical (unpaired) electrons. The first-order valence-corrected chi connectivity index (χ1v) is 6.80. The summed E-state index contributed by atoms with van der Waals surface area (Å²) in [4.78, 5) is 0. The van der Waals surface area contributed by atoms with Gasteiger partial charge in [0, 0.05) is 13.1 Å². The minimum atomic E-state index is -0.261. The standard InChI is InChI=1S/C15H22FNO/c1-11-6-7-12(8-14(11)16)9-17-10-15(18)13-4-2-3-5-13/h6-8,13,15,17-18H,2-5,9-10H2,1H3. The molecule has 0 aliphatic heterocycles. The van der Waals surface area contributed by atoms with E-state index in [2.05, 4.69) is 5.32 Å². The number of halogens is 1. The summed E-state index contributed by atoms with van der Waals surface area (Å²) in [6, 6.07) is 5.28. The van der Waals surface area contributed by atoms with Crippen LogP contribution in [-0.2, 0) is 6.54 Å². The second kappa shape index (κ2) is 6.30. The highest BCUT2D eigenvalue weighted by molar-refractivity contribution is 5.23. The Balaban J connectivity index is 1.75. The fourth-order valence-corrected chi connectivity index (χ4v) is 2.62. The van der Waals surface area contributed by atoms with E-state index in [1.54, 1.807) is 19.1 Å². The molecule has 2 N–H and O–H groups in total. The Kier molecular flexibility index (Phi) is 4.72. The highest BCUT2D eigenvalue weighted by atomic mass is 19.1. The zero-order chi connectivity index (χ0) is 13.0. The average Bonchev–Trinajstić information content (AvgIpc) is 2.87. The van der Waals surface area contributed by atoms with Gasteiger partial charge in [-0.15, -0.1) is 0 Å². The number of rotatable bonds is 5. The lowest BCUT2D eigenvalue weighted by atomic mass is 10.0. The molecule has 2 rings (SSSR count). The number of hydrogen-bond acceptors (Lipinski definition) is 2. The molecule has 1 aliphatic rings. The van der Waals surface area contributed by atoms with Crippen molar-refractivity contribution in [1.82, 2.24) is 5.32 Å². The third kappa shape index (κ3) is 3.53. The van der Waals surface area contributed by atoms with Crippen molar-refractivity contribution in [2.45, 2.75) is 45.3 Å². The minimum absolute atomic E-state index is 0.161. The van der Waals surface area contributed by atoms with E-state index >= 15 is 0 Å². The number of aryl methyl sites for hydroxylation is 1. The van der Waals surface area contributed by atoms with Gasteiger partial charge in [0.1, 0.15) is 5.82 Å². The molecule has 100 valence electrons. The van der Waals surface area contributed by atoms with Gasteiger partial charge in [0.2, 0.25) is 0 Å². The molecule has 1 atom stereocenters.